The summed E-state index contributed by atoms with van der Waals surface area (Å²) in [5.74, 6) is 0.676. The van der Waals surface area contributed by atoms with Gasteiger partial charge in [0.15, 0.2) is 0 Å². The second kappa shape index (κ2) is 4.77. The lowest BCUT2D eigenvalue weighted by molar-refractivity contribution is -0.108. The van der Waals surface area contributed by atoms with Gasteiger partial charge in [-0.15, -0.1) is 0 Å². The van der Waals surface area contributed by atoms with Crippen molar-refractivity contribution in [1.29, 1.82) is 0 Å². The first-order valence-electron chi connectivity index (χ1n) is 7.40. The lowest BCUT2D eigenvalue weighted by Gasteiger charge is -2.49. The van der Waals surface area contributed by atoms with Gasteiger partial charge in [-0.3, -0.25) is 4.90 Å². The van der Waals surface area contributed by atoms with Gasteiger partial charge in [0.05, 0.1) is 12.2 Å². The summed E-state index contributed by atoms with van der Waals surface area (Å²) in [4.78, 5) is 2.63. The maximum atomic E-state index is 6.22. The molecule has 0 aromatic rings. The number of hydrogen-bond acceptors (Lipinski definition) is 3. The van der Waals surface area contributed by atoms with Crippen LogP contribution < -0.4 is 5.73 Å². The first-order chi connectivity index (χ1) is 8.29. The normalized spacial score (nSPS) is 45.3. The largest absolute Gasteiger partial charge is 0.373 e. The van der Waals surface area contributed by atoms with Gasteiger partial charge < -0.3 is 10.5 Å². The van der Waals surface area contributed by atoms with Crippen LogP contribution in [0.15, 0.2) is 0 Å². The van der Waals surface area contributed by atoms with Crippen molar-refractivity contribution in [1.82, 2.24) is 4.90 Å². The van der Waals surface area contributed by atoms with Crippen LogP contribution in [0.1, 0.15) is 47.5 Å². The van der Waals surface area contributed by atoms with Crippen molar-refractivity contribution in [3.63, 3.8) is 0 Å². The number of nitrogens with zero attached hydrogens (tertiary/aromatic N) is 1. The van der Waals surface area contributed by atoms with Crippen molar-refractivity contribution in [3.8, 4) is 0 Å². The third-order valence-electron chi connectivity index (χ3n) is 4.96. The highest BCUT2D eigenvalue weighted by Gasteiger charge is 2.52. The molecule has 3 heteroatoms. The van der Waals surface area contributed by atoms with E-state index in [0.29, 0.717) is 23.5 Å². The maximum Gasteiger partial charge on any atom is 0.0678 e. The average Bonchev–Trinajstić information content (AvgIpc) is 2.47. The number of nitrogens with two attached hydrogens (primary N) is 1. The summed E-state index contributed by atoms with van der Waals surface area (Å²) in [6, 6.07) is 0. The molecule has 0 aromatic carbocycles. The smallest absolute Gasteiger partial charge is 0.0678 e. The fourth-order valence-corrected chi connectivity index (χ4v) is 4.46. The molecular formula is C15H30N2O. The van der Waals surface area contributed by atoms with E-state index >= 15 is 0 Å². The van der Waals surface area contributed by atoms with E-state index in [1.54, 1.807) is 0 Å². The van der Waals surface area contributed by atoms with Gasteiger partial charge in [-0.05, 0) is 38.0 Å². The van der Waals surface area contributed by atoms with E-state index in [9.17, 15) is 0 Å². The Hall–Kier alpha value is -0.120. The third kappa shape index (κ3) is 2.45. The third-order valence-corrected chi connectivity index (χ3v) is 4.96. The van der Waals surface area contributed by atoms with E-state index < -0.39 is 0 Å². The van der Waals surface area contributed by atoms with Crippen LogP contribution >= 0.6 is 0 Å². The lowest BCUT2D eigenvalue weighted by Crippen LogP contribution is -2.62. The fraction of sp³-hybridized carbons (Fsp3) is 1.00. The molecule has 2 aliphatic rings. The zero-order chi connectivity index (χ0) is 13.6. The summed E-state index contributed by atoms with van der Waals surface area (Å²) in [5, 5.41) is 0. The first kappa shape index (κ1) is 14.3. The van der Waals surface area contributed by atoms with Gasteiger partial charge >= 0.3 is 0 Å². The molecule has 0 radical (unpaired) electrons. The standard InChI is InChI=1S/C15H30N2O/c1-11-6-14(4,5)9-15(11,10-16)17-7-12(2)18-13(3)8-17/h11-13H,6-10,16H2,1-5H3/t11?,12-,13+,15?. The number of morpholine rings is 1. The summed E-state index contributed by atoms with van der Waals surface area (Å²) in [7, 11) is 0. The van der Waals surface area contributed by atoms with Crippen molar-refractivity contribution in [2.75, 3.05) is 19.6 Å². The van der Waals surface area contributed by atoms with Crippen LogP contribution in [-0.4, -0.2) is 42.3 Å². The van der Waals surface area contributed by atoms with Gasteiger partial charge in [0.25, 0.3) is 0 Å². The highest BCUT2D eigenvalue weighted by molar-refractivity contribution is 5.07. The second-order valence-electron chi connectivity index (χ2n) is 7.42. The fourth-order valence-electron chi connectivity index (χ4n) is 4.46. The predicted molar refractivity (Wildman–Crippen MR) is 75.5 cm³/mol. The van der Waals surface area contributed by atoms with Crippen LogP contribution in [0.4, 0.5) is 0 Å². The van der Waals surface area contributed by atoms with Crippen molar-refractivity contribution >= 4 is 0 Å². The highest BCUT2D eigenvalue weighted by Crippen LogP contribution is 2.50. The van der Waals surface area contributed by atoms with Gasteiger partial charge in [0, 0.05) is 25.2 Å². The monoisotopic (exact) mass is 254 g/mol. The van der Waals surface area contributed by atoms with E-state index in [1.807, 2.05) is 0 Å². The number of rotatable bonds is 2. The molecule has 2 N–H and O–H groups in total. The molecule has 1 aliphatic carbocycles. The van der Waals surface area contributed by atoms with Crippen molar-refractivity contribution < 1.29 is 4.74 Å². The Bertz CT molecular complexity index is 295. The van der Waals surface area contributed by atoms with Crippen molar-refractivity contribution in [3.05, 3.63) is 0 Å². The number of hydrogen-bond donors (Lipinski definition) is 1. The zero-order valence-corrected chi connectivity index (χ0v) is 12.7. The highest BCUT2D eigenvalue weighted by atomic mass is 16.5. The summed E-state index contributed by atoms with van der Waals surface area (Å²) in [6.45, 7) is 14.3. The molecule has 1 saturated carbocycles. The molecule has 0 aromatic heterocycles. The molecule has 4 atom stereocenters. The first-order valence-corrected chi connectivity index (χ1v) is 7.40. The van der Waals surface area contributed by atoms with E-state index in [-0.39, 0.29) is 5.54 Å². The summed E-state index contributed by atoms with van der Waals surface area (Å²) in [6.07, 6.45) is 3.16. The summed E-state index contributed by atoms with van der Waals surface area (Å²) >= 11 is 0. The molecule has 1 aliphatic heterocycles. The minimum Gasteiger partial charge on any atom is -0.373 e. The van der Waals surface area contributed by atoms with Crippen LogP contribution in [-0.2, 0) is 4.74 Å². The zero-order valence-electron chi connectivity index (χ0n) is 12.7. The maximum absolute atomic E-state index is 6.22. The number of ether oxygens (including phenoxy) is 1. The Balaban J connectivity index is 2.22. The molecule has 0 amide bonds. The summed E-state index contributed by atoms with van der Waals surface area (Å²) < 4.78 is 5.87. The molecule has 0 spiro atoms. The van der Waals surface area contributed by atoms with Gasteiger partial charge in [-0.2, -0.15) is 0 Å². The minimum atomic E-state index is 0.190. The minimum absolute atomic E-state index is 0.190. The molecule has 3 nitrogen and oxygen atoms in total. The quantitative estimate of drug-likeness (QED) is 0.821. The van der Waals surface area contributed by atoms with Crippen molar-refractivity contribution in [2.45, 2.75) is 65.2 Å². The lowest BCUT2D eigenvalue weighted by atomic mass is 9.83. The van der Waals surface area contributed by atoms with Crippen LogP contribution in [0.25, 0.3) is 0 Å². The average molecular weight is 254 g/mol. The van der Waals surface area contributed by atoms with Gasteiger partial charge in [0.1, 0.15) is 0 Å². The van der Waals surface area contributed by atoms with Crippen LogP contribution in [0.3, 0.4) is 0 Å². The molecule has 2 rings (SSSR count). The van der Waals surface area contributed by atoms with Gasteiger partial charge in [-0.25, -0.2) is 0 Å². The van der Waals surface area contributed by atoms with Crippen LogP contribution in [0, 0.1) is 11.3 Å². The molecule has 2 unspecified atom stereocenters. The second-order valence-corrected chi connectivity index (χ2v) is 7.42. The van der Waals surface area contributed by atoms with Gasteiger partial charge in [0.2, 0.25) is 0 Å². The topological polar surface area (TPSA) is 38.5 Å². The van der Waals surface area contributed by atoms with E-state index in [1.165, 1.54) is 12.8 Å². The van der Waals surface area contributed by atoms with Crippen LogP contribution in [0.2, 0.25) is 0 Å². The molecule has 106 valence electrons. The Morgan fingerprint density at radius 1 is 1.17 bits per heavy atom. The van der Waals surface area contributed by atoms with Crippen molar-refractivity contribution in [2.24, 2.45) is 17.1 Å². The molecular weight excluding hydrogens is 224 g/mol. The van der Waals surface area contributed by atoms with Crippen LogP contribution in [0.5, 0.6) is 0 Å². The SMILES string of the molecule is CC1CC(C)(C)CC1(CN)N1C[C@@H](C)O[C@@H](C)C1. The Morgan fingerprint density at radius 2 is 1.72 bits per heavy atom. The molecule has 2 fully saturated rings. The molecule has 1 heterocycles. The molecule has 18 heavy (non-hydrogen) atoms. The summed E-state index contributed by atoms with van der Waals surface area (Å²) in [5.41, 5.74) is 6.83. The Morgan fingerprint density at radius 3 is 2.11 bits per heavy atom. The van der Waals surface area contributed by atoms with E-state index in [4.69, 9.17) is 10.5 Å². The Labute approximate surface area is 112 Å². The molecule has 0 bridgehead atoms. The molecule has 1 saturated heterocycles. The van der Waals surface area contributed by atoms with E-state index in [0.717, 1.165) is 19.6 Å². The Kier molecular flexibility index (Phi) is 3.79. The predicted octanol–water partition coefficient (Wildman–Crippen LogP) is 2.25. The van der Waals surface area contributed by atoms with E-state index in [2.05, 4.69) is 39.5 Å². The van der Waals surface area contributed by atoms with Gasteiger partial charge in [-0.1, -0.05) is 20.8 Å².